The topological polar surface area (TPSA) is 108 Å². The average Bonchev–Trinajstić information content (AvgIpc) is 2.73. The third-order valence-corrected chi connectivity index (χ3v) is 4.76. The van der Waals surface area contributed by atoms with E-state index in [1.807, 2.05) is 0 Å². The van der Waals surface area contributed by atoms with Gasteiger partial charge in [-0.15, -0.1) is 0 Å². The fraction of sp³-hybridized carbons (Fsp3) is 0.421. The molecule has 0 spiro atoms. The first kappa shape index (κ1) is 22.2. The van der Waals surface area contributed by atoms with E-state index >= 15 is 0 Å². The maximum atomic E-state index is 12.7. The molecule has 1 aromatic heterocycles. The molecule has 12 heteroatoms. The van der Waals surface area contributed by atoms with Crippen molar-refractivity contribution in [3.63, 3.8) is 0 Å². The van der Waals surface area contributed by atoms with Gasteiger partial charge < -0.3 is 14.4 Å². The first-order valence-electron chi connectivity index (χ1n) is 9.46. The monoisotopic (exact) mass is 440 g/mol. The first-order chi connectivity index (χ1) is 14.7. The quantitative estimate of drug-likeness (QED) is 0.377. The highest BCUT2D eigenvalue weighted by Crippen LogP contribution is 2.38. The number of carbonyl (C=O) groups is 1. The van der Waals surface area contributed by atoms with Crippen molar-refractivity contribution in [1.29, 1.82) is 0 Å². The number of hydrogen-bond acceptors (Lipinski definition) is 8. The van der Waals surface area contributed by atoms with Crippen LogP contribution in [0.1, 0.15) is 25.3 Å². The lowest BCUT2D eigenvalue weighted by Crippen LogP contribution is -2.37. The van der Waals surface area contributed by atoms with Gasteiger partial charge in [-0.05, 0) is 44.0 Å². The van der Waals surface area contributed by atoms with E-state index in [1.165, 1.54) is 0 Å². The number of hydrogen-bond donors (Lipinski definition) is 0. The number of ether oxygens (including phenoxy) is 2. The molecule has 166 valence electrons. The summed E-state index contributed by atoms with van der Waals surface area (Å²) in [5.74, 6) is -1.00. The van der Waals surface area contributed by atoms with Crippen LogP contribution in [0, 0.1) is 16.0 Å². The number of piperidine rings is 1. The smallest absolute Gasteiger partial charge is 0.416 e. The van der Waals surface area contributed by atoms with Crippen molar-refractivity contribution >= 4 is 17.5 Å². The molecule has 0 radical (unpaired) electrons. The molecular formula is C19H19F3N4O5. The Morgan fingerprint density at radius 3 is 2.42 bits per heavy atom. The number of halogens is 3. The maximum absolute atomic E-state index is 12.7. The normalized spacial score (nSPS) is 14.9. The van der Waals surface area contributed by atoms with Gasteiger partial charge in [-0.1, -0.05) is 0 Å². The van der Waals surface area contributed by atoms with Crippen molar-refractivity contribution in [2.24, 2.45) is 5.92 Å². The molecule has 0 bridgehead atoms. The second kappa shape index (κ2) is 9.14. The van der Waals surface area contributed by atoms with Gasteiger partial charge in [0.2, 0.25) is 5.82 Å². The van der Waals surface area contributed by atoms with Gasteiger partial charge in [0.25, 0.3) is 0 Å². The Kier molecular flexibility index (Phi) is 6.56. The summed E-state index contributed by atoms with van der Waals surface area (Å²) in [7, 11) is 0. The largest absolute Gasteiger partial charge is 0.466 e. The Labute approximate surface area is 175 Å². The molecule has 1 aliphatic heterocycles. The van der Waals surface area contributed by atoms with Crippen molar-refractivity contribution in [3.8, 4) is 11.6 Å². The second-order valence-corrected chi connectivity index (χ2v) is 6.75. The molecular weight excluding hydrogens is 421 g/mol. The van der Waals surface area contributed by atoms with E-state index in [0.29, 0.717) is 25.9 Å². The van der Waals surface area contributed by atoms with Crippen molar-refractivity contribution < 1.29 is 32.4 Å². The Morgan fingerprint density at radius 2 is 1.87 bits per heavy atom. The van der Waals surface area contributed by atoms with E-state index in [9.17, 15) is 28.1 Å². The predicted octanol–water partition coefficient (Wildman–Crippen LogP) is 3.98. The molecule has 0 aliphatic carbocycles. The minimum Gasteiger partial charge on any atom is -0.466 e. The summed E-state index contributed by atoms with van der Waals surface area (Å²) in [6.45, 7) is 2.67. The molecule has 0 amide bonds. The van der Waals surface area contributed by atoms with Crippen LogP contribution in [0.2, 0.25) is 0 Å². The fourth-order valence-electron chi connectivity index (χ4n) is 3.23. The highest BCUT2D eigenvalue weighted by Gasteiger charge is 2.34. The molecule has 1 aliphatic rings. The predicted molar refractivity (Wildman–Crippen MR) is 102 cm³/mol. The van der Waals surface area contributed by atoms with Crippen molar-refractivity contribution in [2.45, 2.75) is 25.9 Å². The molecule has 9 nitrogen and oxygen atoms in total. The number of nitro groups is 1. The van der Waals surface area contributed by atoms with Crippen LogP contribution in [0.4, 0.5) is 24.7 Å². The van der Waals surface area contributed by atoms with E-state index in [4.69, 9.17) is 9.47 Å². The number of carbonyl (C=O) groups excluding carboxylic acids is 1. The molecule has 2 aromatic rings. The third kappa shape index (κ3) is 5.19. The molecule has 1 fully saturated rings. The lowest BCUT2D eigenvalue weighted by molar-refractivity contribution is -0.385. The van der Waals surface area contributed by atoms with E-state index in [0.717, 1.165) is 30.6 Å². The third-order valence-electron chi connectivity index (χ3n) is 4.76. The minimum atomic E-state index is -4.51. The number of aromatic nitrogens is 2. The van der Waals surface area contributed by atoms with Crippen LogP contribution >= 0.6 is 0 Å². The number of esters is 1. The number of benzene rings is 1. The van der Waals surface area contributed by atoms with Gasteiger partial charge >= 0.3 is 23.7 Å². The van der Waals surface area contributed by atoms with Crippen LogP contribution < -0.4 is 9.64 Å². The Bertz CT molecular complexity index is 945. The van der Waals surface area contributed by atoms with E-state index in [2.05, 4.69) is 9.97 Å². The average molecular weight is 440 g/mol. The van der Waals surface area contributed by atoms with Crippen LogP contribution in [0.5, 0.6) is 11.6 Å². The van der Waals surface area contributed by atoms with Gasteiger partial charge in [-0.3, -0.25) is 14.9 Å². The lowest BCUT2D eigenvalue weighted by Gasteiger charge is -2.31. The van der Waals surface area contributed by atoms with Crippen LogP contribution in [0.3, 0.4) is 0 Å². The Balaban J connectivity index is 1.80. The molecule has 2 heterocycles. The number of nitrogens with zero attached hydrogens (tertiary/aromatic N) is 4. The minimum absolute atomic E-state index is 0.0178. The summed E-state index contributed by atoms with van der Waals surface area (Å²) in [5, 5.41) is 11.7. The molecule has 31 heavy (non-hydrogen) atoms. The number of rotatable bonds is 6. The highest BCUT2D eigenvalue weighted by atomic mass is 19.4. The zero-order valence-electron chi connectivity index (χ0n) is 16.5. The number of alkyl halides is 3. The first-order valence-corrected chi connectivity index (χ1v) is 9.46. The van der Waals surface area contributed by atoms with Gasteiger partial charge in [-0.25, -0.2) is 4.98 Å². The van der Waals surface area contributed by atoms with Crippen molar-refractivity contribution in [2.75, 3.05) is 24.6 Å². The van der Waals surface area contributed by atoms with Gasteiger partial charge in [0, 0.05) is 13.1 Å². The van der Waals surface area contributed by atoms with Crippen LogP contribution in [-0.2, 0) is 15.7 Å². The second-order valence-electron chi connectivity index (χ2n) is 6.75. The summed E-state index contributed by atoms with van der Waals surface area (Å²) < 4.78 is 48.5. The van der Waals surface area contributed by atoms with Crippen LogP contribution in [-0.4, -0.2) is 40.6 Å². The molecule has 0 N–H and O–H groups in total. The van der Waals surface area contributed by atoms with Gasteiger partial charge in [-0.2, -0.15) is 18.2 Å². The van der Waals surface area contributed by atoms with E-state index in [-0.39, 0.29) is 35.9 Å². The molecule has 1 aromatic carbocycles. The fourth-order valence-corrected chi connectivity index (χ4v) is 3.23. The zero-order chi connectivity index (χ0) is 22.6. The van der Waals surface area contributed by atoms with Gasteiger partial charge in [0.1, 0.15) is 12.1 Å². The Morgan fingerprint density at radius 1 is 1.23 bits per heavy atom. The SMILES string of the molecule is CCOC(=O)C1CCN(c2ncnc(Oc3ccc(C(F)(F)F)cc3)c2[N+](=O)[O-])CC1. The zero-order valence-corrected chi connectivity index (χ0v) is 16.5. The van der Waals surface area contributed by atoms with E-state index < -0.39 is 22.4 Å². The van der Waals surface area contributed by atoms with E-state index in [1.54, 1.807) is 11.8 Å². The summed E-state index contributed by atoms with van der Waals surface area (Å²) >= 11 is 0. The highest BCUT2D eigenvalue weighted by molar-refractivity contribution is 5.73. The lowest BCUT2D eigenvalue weighted by atomic mass is 9.97. The van der Waals surface area contributed by atoms with Gasteiger partial charge in [0.15, 0.2) is 0 Å². The molecule has 3 rings (SSSR count). The standard InChI is InChI=1S/C19H19F3N4O5/c1-2-30-18(27)12-7-9-25(10-8-12)16-15(26(28)29)17(24-11-23-16)31-14-5-3-13(4-6-14)19(20,21)22/h3-6,11-12H,2,7-10H2,1H3. The molecule has 1 saturated heterocycles. The van der Waals surface area contributed by atoms with Crippen LogP contribution in [0.25, 0.3) is 0 Å². The Hall–Kier alpha value is -3.44. The summed E-state index contributed by atoms with van der Waals surface area (Å²) in [4.78, 5) is 32.4. The van der Waals surface area contributed by atoms with Crippen molar-refractivity contribution in [1.82, 2.24) is 9.97 Å². The molecule has 0 atom stereocenters. The van der Waals surface area contributed by atoms with Crippen LogP contribution in [0.15, 0.2) is 30.6 Å². The van der Waals surface area contributed by atoms with Gasteiger partial charge in [0.05, 0.1) is 23.0 Å². The summed E-state index contributed by atoms with van der Waals surface area (Å²) in [5.41, 5.74) is -1.38. The molecule has 0 unspecified atom stereocenters. The number of anilines is 1. The summed E-state index contributed by atoms with van der Waals surface area (Å²) in [6, 6.07) is 3.73. The molecule has 0 saturated carbocycles. The van der Waals surface area contributed by atoms with Crippen molar-refractivity contribution in [3.05, 3.63) is 46.3 Å². The summed E-state index contributed by atoms with van der Waals surface area (Å²) in [6.07, 6.45) is -2.55. The maximum Gasteiger partial charge on any atom is 0.416 e.